The van der Waals surface area contributed by atoms with Gasteiger partial charge in [-0.2, -0.15) is 15.0 Å². The number of fused-ring (bicyclic) bond motifs is 3. The maximum absolute atomic E-state index is 9.71. The normalized spacial score (nSPS) is 11.9. The highest BCUT2D eigenvalue weighted by Crippen LogP contribution is 2.33. The van der Waals surface area contributed by atoms with Gasteiger partial charge in [0.25, 0.3) is 0 Å². The molecule has 9 rings (SSSR count). The van der Waals surface area contributed by atoms with Gasteiger partial charge in [-0.15, -0.1) is 0 Å². The van der Waals surface area contributed by atoms with Crippen LogP contribution in [0, 0.1) is 0 Å². The van der Waals surface area contributed by atoms with Crippen molar-refractivity contribution in [1.82, 2.24) is 43.6 Å². The molecule has 0 saturated heterocycles. The fourth-order valence-corrected chi connectivity index (χ4v) is 9.96. The molecule has 1 atom stereocenters. The van der Waals surface area contributed by atoms with Gasteiger partial charge in [0.15, 0.2) is 17.5 Å². The number of nitrogen functional groups attached to an aromatic ring is 3. The van der Waals surface area contributed by atoms with Crippen molar-refractivity contribution in [1.29, 1.82) is 0 Å². The Bertz CT molecular complexity index is 3420. The van der Waals surface area contributed by atoms with Crippen LogP contribution in [0.1, 0.15) is 66.8 Å². The Balaban J connectivity index is 0.814. The second kappa shape index (κ2) is 24.9. The highest BCUT2D eigenvalue weighted by atomic mass is 16.5. The van der Waals surface area contributed by atoms with Crippen LogP contribution in [0.15, 0.2) is 91.4 Å². The topological polar surface area (TPSA) is 273 Å². The first-order valence-electron chi connectivity index (χ1n) is 25.9. The second-order valence-corrected chi connectivity index (χ2v) is 18.8. The van der Waals surface area contributed by atoms with E-state index in [1.807, 2.05) is 73.2 Å². The number of benzene rings is 3. The smallest absolute Gasteiger partial charge is 0.222 e. The number of aromatic nitrogens is 9. The van der Waals surface area contributed by atoms with E-state index in [1.54, 1.807) is 28.4 Å². The lowest BCUT2D eigenvalue weighted by molar-refractivity contribution is 0.130. The van der Waals surface area contributed by atoms with Gasteiger partial charge in [-0.3, -0.25) is 0 Å². The van der Waals surface area contributed by atoms with Crippen LogP contribution in [-0.4, -0.2) is 109 Å². The molecule has 404 valence electrons. The minimum atomic E-state index is 0.0460. The van der Waals surface area contributed by atoms with Crippen LogP contribution in [0.5, 0.6) is 23.0 Å². The van der Waals surface area contributed by atoms with Gasteiger partial charge in [0.2, 0.25) is 17.8 Å². The van der Waals surface area contributed by atoms with Crippen LogP contribution in [-0.2, 0) is 37.4 Å². The van der Waals surface area contributed by atoms with Gasteiger partial charge in [0.05, 0.1) is 76.9 Å². The number of nitrogens with two attached hydrogens (primary N) is 3. The number of ether oxygens (including phenoxy) is 5. The number of aliphatic hydroxyl groups is 1. The van der Waals surface area contributed by atoms with E-state index >= 15 is 0 Å². The van der Waals surface area contributed by atoms with E-state index in [1.165, 1.54) is 5.56 Å². The third kappa shape index (κ3) is 12.6. The number of aliphatic hydroxyl groups excluding tert-OH is 1. The van der Waals surface area contributed by atoms with E-state index in [9.17, 15) is 5.11 Å². The minimum absolute atomic E-state index is 0.0460. The first-order valence-corrected chi connectivity index (χ1v) is 25.9. The van der Waals surface area contributed by atoms with Crippen LogP contribution in [0.2, 0.25) is 0 Å². The van der Waals surface area contributed by atoms with Gasteiger partial charge in [-0.1, -0.05) is 37.6 Å². The summed E-state index contributed by atoms with van der Waals surface area (Å²) in [5, 5.41) is 20.2. The number of hydrogen-bond acceptors (Lipinski definition) is 18. The Morgan fingerprint density at radius 3 is 1.77 bits per heavy atom. The molecule has 0 aliphatic carbocycles. The summed E-state index contributed by atoms with van der Waals surface area (Å²) in [6.45, 7) is 5.63. The molecule has 21 heteroatoms. The van der Waals surface area contributed by atoms with Crippen molar-refractivity contribution < 1.29 is 28.8 Å². The number of unbranched alkanes of at least 4 members (excludes halogenated alkanes) is 1. The van der Waals surface area contributed by atoms with E-state index in [2.05, 4.69) is 84.7 Å². The van der Waals surface area contributed by atoms with Gasteiger partial charge in [0, 0.05) is 56.4 Å². The van der Waals surface area contributed by atoms with Gasteiger partial charge in [-0.05, 0) is 97.3 Å². The third-order valence-electron chi connectivity index (χ3n) is 13.5. The lowest BCUT2D eigenvalue weighted by Gasteiger charge is -2.19. The van der Waals surface area contributed by atoms with Crippen molar-refractivity contribution >= 4 is 68.4 Å². The molecule has 77 heavy (non-hydrogen) atoms. The maximum Gasteiger partial charge on any atom is 0.222 e. The molecular weight excluding hydrogens is 979 g/mol. The van der Waals surface area contributed by atoms with Crippen molar-refractivity contribution in [3.8, 4) is 23.0 Å². The summed E-state index contributed by atoms with van der Waals surface area (Å²) >= 11 is 0. The third-order valence-corrected chi connectivity index (χ3v) is 13.5. The van der Waals surface area contributed by atoms with E-state index in [4.69, 9.17) is 40.9 Å². The number of methoxy groups -OCH3 is 4. The fraction of sp³-hybridized carbons (Fsp3) is 0.357. The zero-order chi connectivity index (χ0) is 53.8. The Morgan fingerprint density at radius 1 is 0.571 bits per heavy atom. The lowest BCUT2D eigenvalue weighted by Crippen LogP contribution is -2.22. The Labute approximate surface area is 447 Å². The number of nitrogens with zero attached hydrogens (tertiary/aromatic N) is 9. The number of rotatable bonds is 28. The van der Waals surface area contributed by atoms with Crippen molar-refractivity contribution in [3.63, 3.8) is 0 Å². The second-order valence-electron chi connectivity index (χ2n) is 18.8. The molecule has 0 spiro atoms. The molecule has 0 radical (unpaired) electrons. The summed E-state index contributed by atoms with van der Waals surface area (Å²) in [7, 11) is 6.66. The van der Waals surface area contributed by atoms with Gasteiger partial charge in [0.1, 0.15) is 39.5 Å². The zero-order valence-corrected chi connectivity index (χ0v) is 44.4. The van der Waals surface area contributed by atoms with E-state index in [0.717, 1.165) is 110 Å². The van der Waals surface area contributed by atoms with Crippen molar-refractivity contribution in [3.05, 3.63) is 119 Å². The summed E-state index contributed by atoms with van der Waals surface area (Å²) in [5.74, 6) is 5.48. The summed E-state index contributed by atoms with van der Waals surface area (Å²) in [6.07, 6.45) is 11.1. The molecule has 0 aliphatic heterocycles. The van der Waals surface area contributed by atoms with E-state index in [-0.39, 0.29) is 30.5 Å². The van der Waals surface area contributed by atoms with Crippen LogP contribution in [0.3, 0.4) is 0 Å². The molecule has 3 aromatic carbocycles. The van der Waals surface area contributed by atoms with Crippen LogP contribution in [0.25, 0.3) is 33.1 Å². The minimum Gasteiger partial charge on any atom is -0.497 e. The molecule has 6 aromatic heterocycles. The molecular formula is C56H69N15O6. The number of nitrogens with one attached hydrogen (secondary N) is 3. The Hall–Kier alpha value is -8.56. The van der Waals surface area contributed by atoms with Crippen molar-refractivity contribution in [2.75, 3.05) is 87.9 Å². The van der Waals surface area contributed by atoms with Crippen molar-refractivity contribution in [2.24, 2.45) is 0 Å². The molecule has 9 aromatic rings. The molecule has 0 aliphatic rings. The maximum atomic E-state index is 9.71. The molecule has 10 N–H and O–H groups in total. The molecule has 6 heterocycles. The van der Waals surface area contributed by atoms with E-state index < -0.39 is 0 Å². The SMILES string of the molecule is CCC[C@@H](CCO)Nc1nc(N)nc2ccn(Cc3cc(COCCNc4nc(N)nc5ccn(Cc6cc(CCCCNc7nc(N)nc8ccn(Cc9c(OC)cccc9OC)c78)ccc6OC)c45)cc(OC)c3)c12. The average Bonchev–Trinajstić information content (AvgIpc) is 4.19. The number of hydrogen-bond donors (Lipinski definition) is 7. The monoisotopic (exact) mass is 1050 g/mol. The molecule has 21 nitrogen and oxygen atoms in total. The Morgan fingerprint density at radius 2 is 1.16 bits per heavy atom. The number of aryl methyl sites for hydroxylation is 1. The summed E-state index contributed by atoms with van der Waals surface area (Å²) < 4.78 is 35.5. The first-order chi connectivity index (χ1) is 37.6. The van der Waals surface area contributed by atoms with Crippen LogP contribution < -0.4 is 52.1 Å². The molecule has 0 amide bonds. The van der Waals surface area contributed by atoms with Crippen LogP contribution >= 0.6 is 0 Å². The predicted molar refractivity (Wildman–Crippen MR) is 302 cm³/mol. The molecule has 0 unspecified atom stereocenters. The largest absolute Gasteiger partial charge is 0.497 e. The van der Waals surface area contributed by atoms with Gasteiger partial charge < -0.3 is 75.6 Å². The van der Waals surface area contributed by atoms with Gasteiger partial charge in [-0.25, -0.2) is 15.0 Å². The highest BCUT2D eigenvalue weighted by molar-refractivity contribution is 5.89. The average molecular weight is 1050 g/mol. The quantitative estimate of drug-likeness (QED) is 0.0230. The molecule has 0 fully saturated rings. The summed E-state index contributed by atoms with van der Waals surface area (Å²) in [5.41, 5.74) is 28.3. The summed E-state index contributed by atoms with van der Waals surface area (Å²) in [6, 6.07) is 24.1. The molecule has 0 saturated carbocycles. The van der Waals surface area contributed by atoms with Gasteiger partial charge >= 0.3 is 0 Å². The lowest BCUT2D eigenvalue weighted by atomic mass is 10.0. The summed E-state index contributed by atoms with van der Waals surface area (Å²) in [4.78, 5) is 27.4. The first kappa shape index (κ1) is 53.3. The highest BCUT2D eigenvalue weighted by Gasteiger charge is 2.19. The fourth-order valence-electron chi connectivity index (χ4n) is 9.96. The number of anilines is 6. The molecule has 0 bridgehead atoms. The van der Waals surface area contributed by atoms with E-state index in [0.29, 0.717) is 69.8 Å². The zero-order valence-electron chi connectivity index (χ0n) is 44.4. The Kier molecular flexibility index (Phi) is 17.2. The predicted octanol–water partition coefficient (Wildman–Crippen LogP) is 7.87. The van der Waals surface area contributed by atoms with Crippen LogP contribution in [0.4, 0.5) is 35.3 Å². The van der Waals surface area contributed by atoms with Crippen molar-refractivity contribution in [2.45, 2.75) is 77.7 Å². The standard InChI is InChI=1S/C56H69N15O6/c1-6-10-39(19-25-72)62-53-50-44(65-56(59)68-53)16-22-69(50)31-36-27-37(30-40(29-36)73-2)34-77-26-21-61-52-48-42(63-55(58)67-52)17-23-70(48)32-38-28-35(14-15-45(38)74-3)11-7-8-20-60-51-49-43(64-54(57)66-51)18-24-71(49)33-41-46(75-4)12-9-13-47(41)76-5/h9,12-18,22-24,27-30,39,72H,6-8,10-11,19-21,25-26,31-34H2,1-5H3,(H3,57,60,64,66)(H3,58,61,63,67)(H3,59,62,65,68)/t39-/m0/s1.